The van der Waals surface area contributed by atoms with Crippen LogP contribution in [-0.2, 0) is 0 Å². The molecular weight excluding hydrogens is 187 g/mol. The molecule has 2 aromatic heterocycles. The first-order valence-corrected chi connectivity index (χ1v) is 4.63. The van der Waals surface area contributed by atoms with E-state index >= 15 is 0 Å². The summed E-state index contributed by atoms with van der Waals surface area (Å²) in [6.45, 7) is 0. The third-order valence-electron chi connectivity index (χ3n) is 2.09. The van der Waals surface area contributed by atoms with E-state index in [1.54, 1.807) is 12.3 Å². The van der Waals surface area contributed by atoms with Crippen molar-refractivity contribution in [3.8, 4) is 0 Å². The van der Waals surface area contributed by atoms with Crippen LogP contribution in [0.4, 0.5) is 4.39 Å². The Kier molecular flexibility index (Phi) is 1.24. The van der Waals surface area contributed by atoms with Crippen molar-refractivity contribution in [1.29, 1.82) is 0 Å². The minimum absolute atomic E-state index is 0.209. The van der Waals surface area contributed by atoms with Crippen LogP contribution >= 0.6 is 11.5 Å². The van der Waals surface area contributed by atoms with E-state index < -0.39 is 0 Å². The summed E-state index contributed by atoms with van der Waals surface area (Å²) in [6, 6.07) is 4.73. The summed E-state index contributed by atoms with van der Waals surface area (Å²) in [7, 11) is 0. The highest BCUT2D eigenvalue weighted by atomic mass is 32.1. The Morgan fingerprint density at radius 1 is 1.31 bits per heavy atom. The van der Waals surface area contributed by atoms with Crippen LogP contribution in [0.15, 0.2) is 24.4 Å². The van der Waals surface area contributed by atoms with Gasteiger partial charge in [-0.2, -0.15) is 4.37 Å². The quantitative estimate of drug-likeness (QED) is 0.583. The van der Waals surface area contributed by atoms with Gasteiger partial charge in [0.05, 0.1) is 6.20 Å². The van der Waals surface area contributed by atoms with Crippen LogP contribution in [0.25, 0.3) is 21.1 Å². The van der Waals surface area contributed by atoms with Gasteiger partial charge in [0.2, 0.25) is 0 Å². The van der Waals surface area contributed by atoms with Gasteiger partial charge in [0.1, 0.15) is 10.6 Å². The molecular formula is C9H5FN2S. The molecule has 4 heteroatoms. The average molecular weight is 192 g/mol. The highest BCUT2D eigenvalue weighted by Crippen LogP contribution is 2.27. The molecule has 0 aliphatic carbocycles. The highest BCUT2D eigenvalue weighted by Gasteiger charge is 2.05. The number of hydrogen-bond acceptors (Lipinski definition) is 2. The number of aromatic amines is 1. The van der Waals surface area contributed by atoms with Gasteiger partial charge in [-0.05, 0) is 29.7 Å². The molecule has 3 aromatic rings. The van der Waals surface area contributed by atoms with Gasteiger partial charge >= 0.3 is 0 Å². The van der Waals surface area contributed by atoms with Crippen LogP contribution in [0.5, 0.6) is 0 Å². The number of fused-ring (bicyclic) bond motifs is 3. The predicted octanol–water partition coefficient (Wildman–Crippen LogP) is 2.92. The second-order valence-corrected chi connectivity index (χ2v) is 3.69. The zero-order valence-corrected chi connectivity index (χ0v) is 7.36. The molecule has 2 nitrogen and oxygen atoms in total. The molecule has 0 atom stereocenters. The van der Waals surface area contributed by atoms with Crippen LogP contribution in [-0.4, -0.2) is 9.36 Å². The molecule has 64 valence electrons. The predicted molar refractivity (Wildman–Crippen MR) is 51.4 cm³/mol. The van der Waals surface area contributed by atoms with Crippen LogP contribution in [0.3, 0.4) is 0 Å². The van der Waals surface area contributed by atoms with Crippen molar-refractivity contribution >= 4 is 32.7 Å². The molecule has 0 radical (unpaired) electrons. The first-order valence-electron chi connectivity index (χ1n) is 3.86. The van der Waals surface area contributed by atoms with Gasteiger partial charge in [-0.25, -0.2) is 4.39 Å². The molecule has 0 fully saturated rings. The minimum Gasteiger partial charge on any atom is -0.345 e. The van der Waals surface area contributed by atoms with Gasteiger partial charge in [0, 0.05) is 16.3 Å². The lowest BCUT2D eigenvalue weighted by atomic mass is 10.2. The molecule has 0 spiro atoms. The van der Waals surface area contributed by atoms with Crippen molar-refractivity contribution in [3.05, 3.63) is 30.2 Å². The number of H-pyrrole nitrogens is 1. The van der Waals surface area contributed by atoms with Crippen molar-refractivity contribution < 1.29 is 4.39 Å². The van der Waals surface area contributed by atoms with Crippen LogP contribution in [0, 0.1) is 5.82 Å². The fourth-order valence-electron chi connectivity index (χ4n) is 1.49. The van der Waals surface area contributed by atoms with Crippen molar-refractivity contribution in [2.75, 3.05) is 0 Å². The van der Waals surface area contributed by atoms with E-state index in [0.717, 1.165) is 21.1 Å². The monoisotopic (exact) mass is 192 g/mol. The number of rotatable bonds is 0. The summed E-state index contributed by atoms with van der Waals surface area (Å²) in [5, 5.41) is 1.91. The van der Waals surface area contributed by atoms with E-state index in [0.29, 0.717) is 0 Å². The third kappa shape index (κ3) is 0.890. The Hall–Kier alpha value is -1.42. The van der Waals surface area contributed by atoms with E-state index in [2.05, 4.69) is 9.36 Å². The fourth-order valence-corrected chi connectivity index (χ4v) is 2.17. The molecule has 13 heavy (non-hydrogen) atoms. The summed E-state index contributed by atoms with van der Waals surface area (Å²) in [6.07, 6.45) is 1.76. The summed E-state index contributed by atoms with van der Waals surface area (Å²) in [5.41, 5.74) is 0.963. The van der Waals surface area contributed by atoms with Gasteiger partial charge in [-0.15, -0.1) is 0 Å². The zero-order chi connectivity index (χ0) is 8.84. The van der Waals surface area contributed by atoms with Gasteiger partial charge in [-0.3, -0.25) is 0 Å². The minimum atomic E-state index is -0.209. The number of halogens is 1. The SMILES string of the molecule is Fc1ccc2[nH]c3sncc3c2c1. The number of nitrogens with one attached hydrogen (secondary N) is 1. The lowest BCUT2D eigenvalue weighted by Crippen LogP contribution is -1.72. The maximum atomic E-state index is 12.9. The van der Waals surface area contributed by atoms with E-state index in [4.69, 9.17) is 0 Å². The largest absolute Gasteiger partial charge is 0.345 e. The van der Waals surface area contributed by atoms with E-state index in [9.17, 15) is 4.39 Å². The van der Waals surface area contributed by atoms with Crippen LogP contribution < -0.4 is 0 Å². The van der Waals surface area contributed by atoms with Crippen molar-refractivity contribution in [3.63, 3.8) is 0 Å². The Balaban J connectivity index is 2.61. The molecule has 0 saturated heterocycles. The molecule has 1 aromatic carbocycles. The zero-order valence-electron chi connectivity index (χ0n) is 6.54. The van der Waals surface area contributed by atoms with Crippen molar-refractivity contribution in [2.24, 2.45) is 0 Å². The van der Waals surface area contributed by atoms with E-state index in [-0.39, 0.29) is 5.82 Å². The topological polar surface area (TPSA) is 28.7 Å². The van der Waals surface area contributed by atoms with Crippen molar-refractivity contribution in [1.82, 2.24) is 9.36 Å². The molecule has 0 aliphatic heterocycles. The second kappa shape index (κ2) is 2.29. The Morgan fingerprint density at radius 2 is 2.23 bits per heavy atom. The van der Waals surface area contributed by atoms with Gasteiger partial charge in [0.25, 0.3) is 0 Å². The number of benzene rings is 1. The maximum Gasteiger partial charge on any atom is 0.123 e. The van der Waals surface area contributed by atoms with Gasteiger partial charge in [0.15, 0.2) is 0 Å². The summed E-state index contributed by atoms with van der Waals surface area (Å²) in [4.78, 5) is 4.18. The lowest BCUT2D eigenvalue weighted by Gasteiger charge is -1.88. The highest BCUT2D eigenvalue weighted by molar-refractivity contribution is 7.13. The smallest absolute Gasteiger partial charge is 0.123 e. The molecule has 2 heterocycles. The van der Waals surface area contributed by atoms with Gasteiger partial charge < -0.3 is 4.98 Å². The first kappa shape index (κ1) is 7.03. The molecule has 3 rings (SSSR count). The molecule has 0 bridgehead atoms. The average Bonchev–Trinajstić information content (AvgIpc) is 2.64. The van der Waals surface area contributed by atoms with E-state index in [1.807, 2.05) is 0 Å². The Morgan fingerprint density at radius 3 is 3.15 bits per heavy atom. The summed E-state index contributed by atoms with van der Waals surface area (Å²) < 4.78 is 16.9. The molecule has 0 saturated carbocycles. The van der Waals surface area contributed by atoms with Gasteiger partial charge in [-0.1, -0.05) is 0 Å². The second-order valence-electron chi connectivity index (χ2n) is 2.88. The van der Waals surface area contributed by atoms with Crippen LogP contribution in [0.1, 0.15) is 0 Å². The Bertz CT molecular complexity index is 581. The summed E-state index contributed by atoms with van der Waals surface area (Å²) >= 11 is 1.39. The number of hydrogen-bond donors (Lipinski definition) is 1. The van der Waals surface area contributed by atoms with E-state index in [1.165, 1.54) is 23.7 Å². The van der Waals surface area contributed by atoms with Crippen molar-refractivity contribution in [2.45, 2.75) is 0 Å². The standard InChI is InChI=1S/C9H5FN2S/c10-5-1-2-8-6(3-5)7-4-11-13-9(7)12-8/h1-4,12H. The maximum absolute atomic E-state index is 12.9. The Labute approximate surface area is 77.2 Å². The normalized spacial score (nSPS) is 11.5. The number of aromatic nitrogens is 2. The molecule has 0 aliphatic rings. The number of nitrogens with zero attached hydrogens (tertiary/aromatic N) is 1. The summed E-state index contributed by atoms with van der Waals surface area (Å²) in [5.74, 6) is -0.209. The fraction of sp³-hybridized carbons (Fsp3) is 0. The van der Waals surface area contributed by atoms with Crippen LogP contribution in [0.2, 0.25) is 0 Å². The third-order valence-corrected chi connectivity index (χ3v) is 2.81. The molecule has 0 unspecified atom stereocenters. The lowest BCUT2D eigenvalue weighted by molar-refractivity contribution is 0.630. The first-order chi connectivity index (χ1) is 6.34. The molecule has 1 N–H and O–H groups in total. The molecule has 0 amide bonds.